The number of nitrogens with one attached hydrogen (secondary N) is 1. The van der Waals surface area contributed by atoms with Gasteiger partial charge in [0.1, 0.15) is 0 Å². The molecular weight excluding hydrogens is 262 g/mol. The molecule has 0 spiro atoms. The standard InChI is InChI=1S/C18H25NO2/c1-13(2)12-18(9-4-5-10-18)17(21)19-16-8-6-7-15(11-16)14(3)20/h6-8,11,13H,4-5,9-10,12H2,1-3H3,(H,19,21). The first-order valence-corrected chi connectivity index (χ1v) is 7.85. The third kappa shape index (κ3) is 3.72. The van der Waals surface area contributed by atoms with E-state index in [0.717, 1.165) is 37.8 Å². The maximum Gasteiger partial charge on any atom is 0.230 e. The summed E-state index contributed by atoms with van der Waals surface area (Å²) in [5.74, 6) is 0.649. The first-order chi connectivity index (χ1) is 9.93. The quantitative estimate of drug-likeness (QED) is 0.814. The summed E-state index contributed by atoms with van der Waals surface area (Å²) >= 11 is 0. The Morgan fingerprint density at radius 2 is 1.90 bits per heavy atom. The molecule has 0 atom stereocenters. The van der Waals surface area contributed by atoms with Gasteiger partial charge in [0.2, 0.25) is 5.91 Å². The Labute approximate surface area is 127 Å². The van der Waals surface area contributed by atoms with Gasteiger partial charge in [0, 0.05) is 16.7 Å². The van der Waals surface area contributed by atoms with E-state index in [4.69, 9.17) is 0 Å². The minimum atomic E-state index is -0.222. The van der Waals surface area contributed by atoms with E-state index in [2.05, 4.69) is 19.2 Å². The largest absolute Gasteiger partial charge is 0.326 e. The van der Waals surface area contributed by atoms with Gasteiger partial charge in [-0.2, -0.15) is 0 Å². The molecule has 0 unspecified atom stereocenters. The highest BCUT2D eigenvalue weighted by Crippen LogP contribution is 2.44. The summed E-state index contributed by atoms with van der Waals surface area (Å²) in [6, 6.07) is 7.20. The molecule has 3 heteroatoms. The van der Waals surface area contributed by atoms with Crippen molar-refractivity contribution in [2.24, 2.45) is 11.3 Å². The Hall–Kier alpha value is -1.64. The molecule has 1 aromatic carbocycles. The average molecular weight is 287 g/mol. The fourth-order valence-corrected chi connectivity index (χ4v) is 3.44. The van der Waals surface area contributed by atoms with Crippen LogP contribution in [0.3, 0.4) is 0 Å². The van der Waals surface area contributed by atoms with E-state index in [1.54, 1.807) is 12.1 Å². The maximum atomic E-state index is 12.8. The van der Waals surface area contributed by atoms with Crippen molar-refractivity contribution in [1.82, 2.24) is 0 Å². The van der Waals surface area contributed by atoms with Gasteiger partial charge in [0.15, 0.2) is 5.78 Å². The smallest absolute Gasteiger partial charge is 0.230 e. The van der Waals surface area contributed by atoms with Crippen LogP contribution in [0.1, 0.15) is 63.2 Å². The molecule has 0 radical (unpaired) electrons. The molecule has 21 heavy (non-hydrogen) atoms. The van der Waals surface area contributed by atoms with Crippen molar-refractivity contribution in [2.45, 2.75) is 52.9 Å². The summed E-state index contributed by atoms with van der Waals surface area (Å²) in [4.78, 5) is 24.2. The highest BCUT2D eigenvalue weighted by molar-refractivity contribution is 5.98. The summed E-state index contributed by atoms with van der Waals surface area (Å²) in [5, 5.41) is 3.03. The normalized spacial score (nSPS) is 17.0. The number of benzene rings is 1. The third-order valence-corrected chi connectivity index (χ3v) is 4.37. The number of Topliss-reactive ketones (excluding diaryl/α,β-unsaturated/α-hetero) is 1. The van der Waals surface area contributed by atoms with E-state index >= 15 is 0 Å². The number of rotatable bonds is 5. The molecule has 1 fully saturated rings. The van der Waals surface area contributed by atoms with Gasteiger partial charge in [-0.25, -0.2) is 0 Å². The monoisotopic (exact) mass is 287 g/mol. The van der Waals surface area contributed by atoms with Gasteiger partial charge in [-0.15, -0.1) is 0 Å². The summed E-state index contributed by atoms with van der Waals surface area (Å²) in [5.41, 5.74) is 1.14. The molecule has 3 nitrogen and oxygen atoms in total. The van der Waals surface area contributed by atoms with Gasteiger partial charge in [-0.1, -0.05) is 38.8 Å². The van der Waals surface area contributed by atoms with Crippen molar-refractivity contribution in [3.63, 3.8) is 0 Å². The topological polar surface area (TPSA) is 46.2 Å². The van der Waals surface area contributed by atoms with Crippen LogP contribution < -0.4 is 5.32 Å². The zero-order valence-corrected chi connectivity index (χ0v) is 13.2. The molecule has 0 saturated heterocycles. The lowest BCUT2D eigenvalue weighted by Gasteiger charge is -2.29. The predicted molar refractivity (Wildman–Crippen MR) is 85.4 cm³/mol. The lowest BCUT2D eigenvalue weighted by atomic mass is 9.77. The van der Waals surface area contributed by atoms with Crippen LogP contribution in [-0.4, -0.2) is 11.7 Å². The van der Waals surface area contributed by atoms with Crippen molar-refractivity contribution in [2.75, 3.05) is 5.32 Å². The highest BCUT2D eigenvalue weighted by atomic mass is 16.2. The molecule has 0 bridgehead atoms. The number of carbonyl (C=O) groups excluding carboxylic acids is 2. The number of amides is 1. The minimum absolute atomic E-state index is 0.0175. The lowest BCUT2D eigenvalue weighted by Crippen LogP contribution is -2.35. The van der Waals surface area contributed by atoms with E-state index in [1.165, 1.54) is 6.92 Å². The van der Waals surface area contributed by atoms with E-state index in [1.807, 2.05) is 12.1 Å². The molecule has 1 N–H and O–H groups in total. The Kier molecular flexibility index (Phi) is 4.81. The second-order valence-electron chi connectivity index (χ2n) is 6.68. The van der Waals surface area contributed by atoms with E-state index in [9.17, 15) is 9.59 Å². The molecular formula is C18H25NO2. The van der Waals surface area contributed by atoms with Crippen molar-refractivity contribution < 1.29 is 9.59 Å². The first-order valence-electron chi connectivity index (χ1n) is 7.85. The summed E-state index contributed by atoms with van der Waals surface area (Å²) < 4.78 is 0. The van der Waals surface area contributed by atoms with Crippen LogP contribution >= 0.6 is 0 Å². The summed E-state index contributed by atoms with van der Waals surface area (Å²) in [6.45, 7) is 5.88. The van der Waals surface area contributed by atoms with Crippen molar-refractivity contribution >= 4 is 17.4 Å². The Morgan fingerprint density at radius 1 is 1.24 bits per heavy atom. The van der Waals surface area contributed by atoms with Crippen molar-refractivity contribution in [3.8, 4) is 0 Å². The predicted octanol–water partition coefficient (Wildman–Crippen LogP) is 4.43. The van der Waals surface area contributed by atoms with Gasteiger partial charge >= 0.3 is 0 Å². The second kappa shape index (κ2) is 6.42. The Morgan fingerprint density at radius 3 is 2.48 bits per heavy atom. The van der Waals surface area contributed by atoms with Gasteiger partial charge in [-0.3, -0.25) is 9.59 Å². The van der Waals surface area contributed by atoms with Crippen LogP contribution in [0.15, 0.2) is 24.3 Å². The van der Waals surface area contributed by atoms with Crippen LogP contribution in [0.5, 0.6) is 0 Å². The fraction of sp³-hybridized carbons (Fsp3) is 0.556. The molecule has 1 aliphatic rings. The molecule has 114 valence electrons. The molecule has 0 aromatic heterocycles. The van der Waals surface area contributed by atoms with Crippen LogP contribution in [0.4, 0.5) is 5.69 Å². The maximum absolute atomic E-state index is 12.8. The summed E-state index contributed by atoms with van der Waals surface area (Å²) in [6.07, 6.45) is 5.15. The highest BCUT2D eigenvalue weighted by Gasteiger charge is 2.41. The van der Waals surface area contributed by atoms with Crippen LogP contribution in [-0.2, 0) is 4.79 Å². The van der Waals surface area contributed by atoms with Gasteiger partial charge in [0.25, 0.3) is 0 Å². The molecule has 1 amide bonds. The zero-order chi connectivity index (χ0) is 15.5. The molecule has 1 aromatic rings. The van der Waals surface area contributed by atoms with Gasteiger partial charge in [-0.05, 0) is 44.2 Å². The Balaban J connectivity index is 2.15. The summed E-state index contributed by atoms with van der Waals surface area (Å²) in [7, 11) is 0. The number of hydrogen-bond donors (Lipinski definition) is 1. The first kappa shape index (κ1) is 15.7. The molecule has 1 saturated carbocycles. The van der Waals surface area contributed by atoms with Crippen LogP contribution in [0.25, 0.3) is 0 Å². The SMILES string of the molecule is CC(=O)c1cccc(NC(=O)C2(CC(C)C)CCCC2)c1. The zero-order valence-electron chi connectivity index (χ0n) is 13.2. The average Bonchev–Trinajstić information content (AvgIpc) is 2.88. The fourth-order valence-electron chi connectivity index (χ4n) is 3.44. The van der Waals surface area contributed by atoms with Gasteiger partial charge in [0.05, 0.1) is 0 Å². The number of ketones is 1. The number of carbonyl (C=O) groups is 2. The van der Waals surface area contributed by atoms with Crippen molar-refractivity contribution in [3.05, 3.63) is 29.8 Å². The molecule has 2 rings (SSSR count). The molecule has 0 heterocycles. The Bertz CT molecular complexity index is 528. The molecule has 0 aliphatic heterocycles. The van der Waals surface area contributed by atoms with E-state index in [-0.39, 0.29) is 17.1 Å². The van der Waals surface area contributed by atoms with Gasteiger partial charge < -0.3 is 5.32 Å². The van der Waals surface area contributed by atoms with Crippen LogP contribution in [0, 0.1) is 11.3 Å². The lowest BCUT2D eigenvalue weighted by molar-refractivity contribution is -0.126. The third-order valence-electron chi connectivity index (χ3n) is 4.37. The molecule has 1 aliphatic carbocycles. The van der Waals surface area contributed by atoms with E-state index < -0.39 is 0 Å². The second-order valence-corrected chi connectivity index (χ2v) is 6.68. The number of hydrogen-bond acceptors (Lipinski definition) is 2. The van der Waals surface area contributed by atoms with E-state index in [0.29, 0.717) is 11.5 Å². The van der Waals surface area contributed by atoms with Crippen molar-refractivity contribution in [1.29, 1.82) is 0 Å². The van der Waals surface area contributed by atoms with Crippen LogP contribution in [0.2, 0.25) is 0 Å². The number of anilines is 1. The minimum Gasteiger partial charge on any atom is -0.326 e.